The Balaban J connectivity index is 1.71. The molecule has 3 fully saturated rings. The average Bonchev–Trinajstić information content (AvgIpc) is 2.95. The first-order valence-corrected chi connectivity index (χ1v) is 9.14. The quantitative estimate of drug-likeness (QED) is 0.677. The van der Waals surface area contributed by atoms with Crippen LogP contribution in [0.5, 0.6) is 0 Å². The molecule has 0 aromatic heterocycles. The standard InChI is InChI=1S/C13H22N2O5S/c1-21(17,18)15-7-11-8-20-10-13(11,9-15)6-12(16)14-2-4-19-5-3-14/h11H,2-10H2,1H3/t11-,13+/m0/s1. The van der Waals surface area contributed by atoms with Crippen molar-refractivity contribution < 1.29 is 22.7 Å². The van der Waals surface area contributed by atoms with Gasteiger partial charge in [-0.1, -0.05) is 0 Å². The maximum atomic E-state index is 12.5. The van der Waals surface area contributed by atoms with Crippen LogP contribution in [0, 0.1) is 11.3 Å². The Hall–Kier alpha value is -0.700. The van der Waals surface area contributed by atoms with Crippen molar-refractivity contribution in [2.24, 2.45) is 11.3 Å². The van der Waals surface area contributed by atoms with Gasteiger partial charge in [0.1, 0.15) is 0 Å². The van der Waals surface area contributed by atoms with E-state index in [2.05, 4.69) is 0 Å². The average molecular weight is 318 g/mol. The molecule has 3 heterocycles. The molecule has 2 atom stereocenters. The molecule has 120 valence electrons. The second-order valence-electron chi connectivity index (χ2n) is 6.30. The van der Waals surface area contributed by atoms with Gasteiger partial charge in [-0.15, -0.1) is 0 Å². The van der Waals surface area contributed by atoms with Crippen LogP contribution in [-0.4, -0.2) is 82.4 Å². The minimum absolute atomic E-state index is 0.0872. The van der Waals surface area contributed by atoms with Crippen molar-refractivity contribution in [2.45, 2.75) is 6.42 Å². The third-order valence-corrected chi connectivity index (χ3v) is 6.04. The van der Waals surface area contributed by atoms with E-state index in [4.69, 9.17) is 9.47 Å². The second kappa shape index (κ2) is 5.49. The van der Waals surface area contributed by atoms with Crippen LogP contribution in [0.2, 0.25) is 0 Å². The zero-order chi connectivity index (χ0) is 15.1. The molecule has 7 nitrogen and oxygen atoms in total. The number of nitrogens with zero attached hydrogens (tertiary/aromatic N) is 2. The first kappa shape index (κ1) is 15.2. The predicted octanol–water partition coefficient (Wildman–Crippen LogP) is -0.857. The van der Waals surface area contributed by atoms with Crippen molar-refractivity contribution >= 4 is 15.9 Å². The van der Waals surface area contributed by atoms with Gasteiger partial charge in [0.2, 0.25) is 15.9 Å². The van der Waals surface area contributed by atoms with E-state index in [0.717, 1.165) is 0 Å². The summed E-state index contributed by atoms with van der Waals surface area (Å²) in [7, 11) is -3.21. The molecular weight excluding hydrogens is 296 g/mol. The number of morpholine rings is 1. The van der Waals surface area contributed by atoms with Crippen molar-refractivity contribution in [3.8, 4) is 0 Å². The Kier molecular flexibility index (Phi) is 3.98. The lowest BCUT2D eigenvalue weighted by Gasteiger charge is -2.32. The molecule has 1 amide bonds. The number of ether oxygens (including phenoxy) is 2. The lowest BCUT2D eigenvalue weighted by Crippen LogP contribution is -2.44. The Morgan fingerprint density at radius 1 is 1.29 bits per heavy atom. The molecule has 3 saturated heterocycles. The van der Waals surface area contributed by atoms with Crippen LogP contribution in [0.4, 0.5) is 0 Å². The number of hydrogen-bond donors (Lipinski definition) is 0. The molecule has 3 rings (SSSR count). The second-order valence-corrected chi connectivity index (χ2v) is 8.28. The molecule has 0 unspecified atom stereocenters. The summed E-state index contributed by atoms with van der Waals surface area (Å²) in [4.78, 5) is 14.3. The van der Waals surface area contributed by atoms with E-state index in [1.54, 1.807) is 0 Å². The predicted molar refractivity (Wildman–Crippen MR) is 75.2 cm³/mol. The number of carbonyl (C=O) groups is 1. The summed E-state index contributed by atoms with van der Waals surface area (Å²) in [5.41, 5.74) is -0.349. The lowest BCUT2D eigenvalue weighted by molar-refractivity contribution is -0.138. The van der Waals surface area contributed by atoms with Crippen molar-refractivity contribution in [1.82, 2.24) is 9.21 Å². The van der Waals surface area contributed by atoms with E-state index in [1.165, 1.54) is 10.6 Å². The van der Waals surface area contributed by atoms with E-state index >= 15 is 0 Å². The molecule has 0 aliphatic carbocycles. The normalized spacial score (nSPS) is 34.1. The molecule has 8 heteroatoms. The monoisotopic (exact) mass is 318 g/mol. The number of rotatable bonds is 3. The highest BCUT2D eigenvalue weighted by molar-refractivity contribution is 7.88. The lowest BCUT2D eigenvalue weighted by atomic mass is 9.78. The highest BCUT2D eigenvalue weighted by Crippen LogP contribution is 2.45. The molecular formula is C13H22N2O5S. The molecule has 0 radical (unpaired) electrons. The van der Waals surface area contributed by atoms with Gasteiger partial charge in [-0.25, -0.2) is 12.7 Å². The fourth-order valence-electron chi connectivity index (χ4n) is 3.51. The molecule has 3 aliphatic heterocycles. The molecule has 0 aromatic rings. The van der Waals surface area contributed by atoms with Gasteiger partial charge >= 0.3 is 0 Å². The number of sulfonamides is 1. The topological polar surface area (TPSA) is 76.2 Å². The van der Waals surface area contributed by atoms with E-state index in [-0.39, 0.29) is 17.2 Å². The Morgan fingerprint density at radius 2 is 2.00 bits per heavy atom. The van der Waals surface area contributed by atoms with Gasteiger partial charge in [0.25, 0.3) is 0 Å². The van der Waals surface area contributed by atoms with Gasteiger partial charge in [0, 0.05) is 43.9 Å². The molecule has 0 spiro atoms. The summed E-state index contributed by atoms with van der Waals surface area (Å²) in [5.74, 6) is 0.210. The Labute approximate surface area is 125 Å². The van der Waals surface area contributed by atoms with Crippen LogP contribution in [0.3, 0.4) is 0 Å². The van der Waals surface area contributed by atoms with Gasteiger partial charge in [-0.05, 0) is 0 Å². The Bertz CT molecular complexity index is 517. The third-order valence-electron chi connectivity index (χ3n) is 4.83. The molecule has 0 saturated carbocycles. The zero-order valence-electron chi connectivity index (χ0n) is 12.3. The van der Waals surface area contributed by atoms with Crippen LogP contribution < -0.4 is 0 Å². The fraction of sp³-hybridized carbons (Fsp3) is 0.923. The smallest absolute Gasteiger partial charge is 0.223 e. The third kappa shape index (κ3) is 2.94. The number of amides is 1. The summed E-state index contributed by atoms with van der Waals surface area (Å²) in [6.45, 7) is 4.28. The summed E-state index contributed by atoms with van der Waals surface area (Å²) < 4.78 is 35.8. The van der Waals surface area contributed by atoms with E-state index in [1.807, 2.05) is 4.90 Å². The van der Waals surface area contributed by atoms with Gasteiger partial charge < -0.3 is 14.4 Å². The largest absolute Gasteiger partial charge is 0.380 e. The minimum atomic E-state index is -3.21. The first-order valence-electron chi connectivity index (χ1n) is 7.29. The van der Waals surface area contributed by atoms with E-state index in [0.29, 0.717) is 59.0 Å². The van der Waals surface area contributed by atoms with Gasteiger partial charge in [0.05, 0.1) is 32.7 Å². The molecule has 21 heavy (non-hydrogen) atoms. The van der Waals surface area contributed by atoms with Crippen LogP contribution in [-0.2, 0) is 24.3 Å². The minimum Gasteiger partial charge on any atom is -0.380 e. The molecule has 0 bridgehead atoms. The number of hydrogen-bond acceptors (Lipinski definition) is 5. The highest BCUT2D eigenvalue weighted by Gasteiger charge is 2.53. The fourth-order valence-corrected chi connectivity index (χ4v) is 4.45. The van der Waals surface area contributed by atoms with Crippen molar-refractivity contribution in [1.29, 1.82) is 0 Å². The van der Waals surface area contributed by atoms with Gasteiger partial charge in [-0.2, -0.15) is 0 Å². The summed E-state index contributed by atoms with van der Waals surface area (Å²) >= 11 is 0. The number of fused-ring (bicyclic) bond motifs is 1. The summed E-state index contributed by atoms with van der Waals surface area (Å²) in [6, 6.07) is 0. The van der Waals surface area contributed by atoms with Gasteiger partial charge in [0.15, 0.2) is 0 Å². The van der Waals surface area contributed by atoms with Crippen molar-refractivity contribution in [3.05, 3.63) is 0 Å². The SMILES string of the molecule is CS(=O)(=O)N1C[C@H]2COC[C@@]2(CC(=O)N2CCOCC2)C1. The number of carbonyl (C=O) groups excluding carboxylic acids is 1. The molecule has 3 aliphatic rings. The maximum Gasteiger partial charge on any atom is 0.223 e. The van der Waals surface area contributed by atoms with Crippen LogP contribution in [0.15, 0.2) is 0 Å². The van der Waals surface area contributed by atoms with Gasteiger partial charge in [-0.3, -0.25) is 4.79 Å². The summed E-state index contributed by atoms with van der Waals surface area (Å²) in [6.07, 6.45) is 1.59. The van der Waals surface area contributed by atoms with Crippen molar-refractivity contribution in [2.75, 3.05) is 58.9 Å². The van der Waals surface area contributed by atoms with E-state index in [9.17, 15) is 13.2 Å². The van der Waals surface area contributed by atoms with Crippen molar-refractivity contribution in [3.63, 3.8) is 0 Å². The molecule has 0 N–H and O–H groups in total. The summed E-state index contributed by atoms with van der Waals surface area (Å²) in [5, 5.41) is 0. The highest BCUT2D eigenvalue weighted by atomic mass is 32.2. The van der Waals surface area contributed by atoms with Crippen LogP contribution in [0.1, 0.15) is 6.42 Å². The van der Waals surface area contributed by atoms with E-state index < -0.39 is 10.0 Å². The molecule has 0 aromatic carbocycles. The Morgan fingerprint density at radius 3 is 2.67 bits per heavy atom. The zero-order valence-corrected chi connectivity index (χ0v) is 13.1. The first-order chi connectivity index (χ1) is 9.91. The van der Waals surface area contributed by atoms with Crippen LogP contribution in [0.25, 0.3) is 0 Å². The van der Waals surface area contributed by atoms with Crippen LogP contribution >= 0.6 is 0 Å². The maximum absolute atomic E-state index is 12.5.